The Kier molecular flexibility index (Phi) is 1.88. The number of nitrogens with one attached hydrogen (secondary N) is 1. The Balaban J connectivity index is 2.54. The summed E-state index contributed by atoms with van der Waals surface area (Å²) in [5.41, 5.74) is 0.132. The molecule has 0 spiro atoms. The molecule has 84 valence electrons. The molecule has 0 atom stereocenters. The number of hydrogen-bond acceptors (Lipinski definition) is 3. The fraction of sp³-hybridized carbons (Fsp3) is 0.444. The third-order valence-electron chi connectivity index (χ3n) is 2.82. The molecule has 0 aliphatic heterocycles. The van der Waals surface area contributed by atoms with E-state index in [2.05, 4.69) is 25.9 Å². The van der Waals surface area contributed by atoms with Crippen molar-refractivity contribution >= 4 is 27.1 Å². The summed E-state index contributed by atoms with van der Waals surface area (Å²) in [6, 6.07) is 0.189. The standard InChI is InChI=1S/C9H9BrN4O2/c1-13-5-6(11-8(13)10)14(4-2-3-4)9(16)12-7(5)15/h4H,2-3H2,1H3,(H,12,15,16). The monoisotopic (exact) mass is 284 g/mol. The lowest BCUT2D eigenvalue weighted by Gasteiger charge is -2.02. The summed E-state index contributed by atoms with van der Waals surface area (Å²) in [4.78, 5) is 29.9. The van der Waals surface area contributed by atoms with E-state index >= 15 is 0 Å². The molecular weight excluding hydrogens is 276 g/mol. The maximum atomic E-state index is 11.7. The van der Waals surface area contributed by atoms with Gasteiger partial charge in [-0.05, 0) is 28.8 Å². The number of nitrogens with zero attached hydrogens (tertiary/aromatic N) is 3. The van der Waals surface area contributed by atoms with Gasteiger partial charge in [-0.25, -0.2) is 9.78 Å². The number of hydrogen-bond donors (Lipinski definition) is 1. The average Bonchev–Trinajstić information content (AvgIpc) is 2.96. The molecule has 0 amide bonds. The largest absolute Gasteiger partial charge is 0.330 e. The predicted molar refractivity (Wildman–Crippen MR) is 61.6 cm³/mol. The van der Waals surface area contributed by atoms with Crippen molar-refractivity contribution in [2.75, 3.05) is 0 Å². The minimum Gasteiger partial charge on any atom is -0.316 e. The van der Waals surface area contributed by atoms with Crippen LogP contribution in [0.3, 0.4) is 0 Å². The molecule has 0 bridgehead atoms. The normalized spacial score (nSPS) is 15.9. The number of aromatic amines is 1. The first-order valence-electron chi connectivity index (χ1n) is 4.96. The van der Waals surface area contributed by atoms with Gasteiger partial charge in [-0.3, -0.25) is 14.3 Å². The van der Waals surface area contributed by atoms with Crippen LogP contribution in [-0.2, 0) is 7.05 Å². The maximum Gasteiger partial charge on any atom is 0.330 e. The molecule has 0 radical (unpaired) electrons. The van der Waals surface area contributed by atoms with Crippen molar-refractivity contribution < 1.29 is 0 Å². The van der Waals surface area contributed by atoms with E-state index in [1.807, 2.05) is 0 Å². The molecule has 1 fully saturated rings. The molecule has 7 heteroatoms. The summed E-state index contributed by atoms with van der Waals surface area (Å²) in [5.74, 6) is 0. The molecule has 1 saturated carbocycles. The summed E-state index contributed by atoms with van der Waals surface area (Å²) >= 11 is 3.25. The fourth-order valence-electron chi connectivity index (χ4n) is 1.86. The molecule has 1 aliphatic carbocycles. The van der Waals surface area contributed by atoms with Gasteiger partial charge < -0.3 is 4.57 Å². The summed E-state index contributed by atoms with van der Waals surface area (Å²) in [6.45, 7) is 0. The lowest BCUT2D eigenvalue weighted by molar-refractivity contribution is 0.700. The van der Waals surface area contributed by atoms with Gasteiger partial charge in [-0.1, -0.05) is 0 Å². The van der Waals surface area contributed by atoms with Gasteiger partial charge in [-0.15, -0.1) is 0 Å². The summed E-state index contributed by atoms with van der Waals surface area (Å²) < 4.78 is 3.75. The number of H-pyrrole nitrogens is 1. The molecule has 1 aliphatic rings. The summed E-state index contributed by atoms with van der Waals surface area (Å²) in [6.07, 6.45) is 1.94. The highest BCUT2D eigenvalue weighted by molar-refractivity contribution is 9.10. The van der Waals surface area contributed by atoms with Gasteiger partial charge in [0.2, 0.25) is 0 Å². The highest BCUT2D eigenvalue weighted by Gasteiger charge is 2.28. The van der Waals surface area contributed by atoms with Gasteiger partial charge in [0.1, 0.15) is 0 Å². The van der Waals surface area contributed by atoms with Gasteiger partial charge in [0.15, 0.2) is 15.9 Å². The van der Waals surface area contributed by atoms with E-state index in [1.54, 1.807) is 16.2 Å². The second-order valence-electron chi connectivity index (χ2n) is 3.97. The molecule has 2 aromatic heterocycles. The van der Waals surface area contributed by atoms with Crippen LogP contribution in [0.4, 0.5) is 0 Å². The quantitative estimate of drug-likeness (QED) is 0.776. The smallest absolute Gasteiger partial charge is 0.316 e. The lowest BCUT2D eigenvalue weighted by Crippen LogP contribution is -2.30. The molecule has 2 heterocycles. The molecule has 3 rings (SSSR count). The van der Waals surface area contributed by atoms with E-state index in [0.717, 1.165) is 12.8 Å². The van der Waals surface area contributed by atoms with Crippen molar-refractivity contribution in [3.8, 4) is 0 Å². The molecule has 0 aromatic carbocycles. The van der Waals surface area contributed by atoms with Crippen LogP contribution < -0.4 is 11.2 Å². The molecule has 16 heavy (non-hydrogen) atoms. The van der Waals surface area contributed by atoms with E-state index in [9.17, 15) is 9.59 Å². The Labute approximate surface area is 98.0 Å². The van der Waals surface area contributed by atoms with Crippen LogP contribution in [0.5, 0.6) is 0 Å². The highest BCUT2D eigenvalue weighted by Crippen LogP contribution is 2.35. The Morgan fingerprint density at radius 1 is 1.44 bits per heavy atom. The van der Waals surface area contributed by atoms with Crippen molar-refractivity contribution in [2.45, 2.75) is 18.9 Å². The highest BCUT2D eigenvalue weighted by atomic mass is 79.9. The zero-order valence-electron chi connectivity index (χ0n) is 8.53. The van der Waals surface area contributed by atoms with Crippen molar-refractivity contribution in [3.05, 3.63) is 25.6 Å². The van der Waals surface area contributed by atoms with Crippen LogP contribution in [0.15, 0.2) is 14.3 Å². The molecule has 0 unspecified atom stereocenters. The number of aryl methyl sites for hydroxylation is 1. The van der Waals surface area contributed by atoms with Crippen LogP contribution in [0.2, 0.25) is 0 Å². The topological polar surface area (TPSA) is 72.7 Å². The van der Waals surface area contributed by atoms with E-state index in [1.165, 1.54) is 0 Å². The minimum atomic E-state index is -0.391. The third kappa shape index (κ3) is 1.21. The van der Waals surface area contributed by atoms with Gasteiger partial charge in [0.05, 0.1) is 0 Å². The van der Waals surface area contributed by atoms with Gasteiger partial charge in [0, 0.05) is 13.1 Å². The van der Waals surface area contributed by atoms with Crippen LogP contribution in [0.25, 0.3) is 11.2 Å². The SMILES string of the molecule is Cn1c(Br)nc2c1c(=O)[nH]c(=O)n2C1CC1. The first-order chi connectivity index (χ1) is 7.59. The van der Waals surface area contributed by atoms with E-state index in [0.29, 0.717) is 15.9 Å². The van der Waals surface area contributed by atoms with Crippen molar-refractivity contribution in [2.24, 2.45) is 7.05 Å². The average molecular weight is 285 g/mol. The fourth-order valence-corrected chi connectivity index (χ4v) is 2.21. The van der Waals surface area contributed by atoms with Crippen molar-refractivity contribution in [3.63, 3.8) is 0 Å². The number of imidazole rings is 1. The Morgan fingerprint density at radius 3 is 2.75 bits per heavy atom. The van der Waals surface area contributed by atoms with E-state index in [4.69, 9.17) is 0 Å². The molecule has 0 saturated heterocycles. The Morgan fingerprint density at radius 2 is 2.12 bits per heavy atom. The number of aromatic nitrogens is 4. The predicted octanol–water partition coefficient (Wildman–Crippen LogP) is 0.521. The van der Waals surface area contributed by atoms with Crippen LogP contribution in [0, 0.1) is 0 Å². The molecule has 6 nitrogen and oxygen atoms in total. The first kappa shape index (κ1) is 9.83. The third-order valence-corrected chi connectivity index (χ3v) is 3.53. The minimum absolute atomic E-state index is 0.189. The second-order valence-corrected chi connectivity index (χ2v) is 4.68. The Bertz CT molecular complexity index is 692. The number of rotatable bonds is 1. The summed E-state index contributed by atoms with van der Waals surface area (Å²) in [7, 11) is 1.73. The van der Waals surface area contributed by atoms with E-state index < -0.39 is 5.56 Å². The van der Waals surface area contributed by atoms with Gasteiger partial charge in [-0.2, -0.15) is 0 Å². The van der Waals surface area contributed by atoms with Crippen molar-refractivity contribution in [1.29, 1.82) is 0 Å². The molecular formula is C9H9BrN4O2. The second kappa shape index (κ2) is 3.07. The summed E-state index contributed by atoms with van der Waals surface area (Å²) in [5, 5.41) is 0. The lowest BCUT2D eigenvalue weighted by atomic mass is 10.5. The maximum absolute atomic E-state index is 11.7. The van der Waals surface area contributed by atoms with Crippen molar-refractivity contribution in [1.82, 2.24) is 19.1 Å². The Hall–Kier alpha value is -1.37. The first-order valence-corrected chi connectivity index (χ1v) is 5.75. The molecule has 2 aromatic rings. The van der Waals surface area contributed by atoms with Crippen LogP contribution in [-0.4, -0.2) is 19.1 Å². The number of halogens is 1. The van der Waals surface area contributed by atoms with Gasteiger partial charge >= 0.3 is 5.69 Å². The zero-order chi connectivity index (χ0) is 11.4. The van der Waals surface area contributed by atoms with Gasteiger partial charge in [0.25, 0.3) is 5.56 Å². The molecule has 1 N–H and O–H groups in total. The van der Waals surface area contributed by atoms with E-state index in [-0.39, 0.29) is 11.7 Å². The zero-order valence-corrected chi connectivity index (χ0v) is 10.1. The van der Waals surface area contributed by atoms with Crippen LogP contribution >= 0.6 is 15.9 Å². The van der Waals surface area contributed by atoms with Crippen LogP contribution in [0.1, 0.15) is 18.9 Å². The number of fused-ring (bicyclic) bond motifs is 1.